The number of aromatic nitrogens is 1. The first-order valence-corrected chi connectivity index (χ1v) is 13.7. The van der Waals surface area contributed by atoms with Crippen molar-refractivity contribution in [1.82, 2.24) is 4.98 Å². The standard InChI is InChI=1S/C30H29NOS2/c1-16(2)11-23-17(3)20-15-26-21(14-24(20)32-23)27-25(34-26)7-9-31-28(27)19-12-18-8-10-33-29(18)22(13-19)30(4,5)6/h7-10,12-16H,11H2,1-6H3. The molecule has 0 saturated carbocycles. The van der Waals surface area contributed by atoms with Crippen molar-refractivity contribution in [2.24, 2.45) is 5.92 Å². The van der Waals surface area contributed by atoms with Crippen LogP contribution in [-0.2, 0) is 11.8 Å². The van der Waals surface area contributed by atoms with Gasteiger partial charge in [0.1, 0.15) is 11.3 Å². The second-order valence-electron chi connectivity index (χ2n) is 10.8. The maximum absolute atomic E-state index is 6.38. The minimum absolute atomic E-state index is 0.0639. The predicted molar refractivity (Wildman–Crippen MR) is 150 cm³/mol. The Hall–Kier alpha value is -2.69. The van der Waals surface area contributed by atoms with Crippen molar-refractivity contribution < 1.29 is 4.42 Å². The maximum Gasteiger partial charge on any atom is 0.135 e. The number of hydrogen-bond acceptors (Lipinski definition) is 4. The number of hydrogen-bond donors (Lipinski definition) is 0. The molecule has 0 N–H and O–H groups in total. The van der Waals surface area contributed by atoms with Crippen LogP contribution in [-0.4, -0.2) is 4.98 Å². The zero-order valence-corrected chi connectivity index (χ0v) is 22.2. The van der Waals surface area contributed by atoms with Crippen LogP contribution in [0.4, 0.5) is 0 Å². The quantitative estimate of drug-likeness (QED) is 0.250. The number of aryl methyl sites for hydroxylation is 1. The minimum atomic E-state index is 0.0639. The third kappa shape index (κ3) is 3.38. The summed E-state index contributed by atoms with van der Waals surface area (Å²) in [5.41, 5.74) is 5.97. The molecular weight excluding hydrogens is 454 g/mol. The van der Waals surface area contributed by atoms with E-state index in [1.807, 2.05) is 28.9 Å². The van der Waals surface area contributed by atoms with Gasteiger partial charge in [-0.2, -0.15) is 0 Å². The molecule has 0 saturated heterocycles. The average molecular weight is 484 g/mol. The Labute approximate surface area is 208 Å². The van der Waals surface area contributed by atoms with E-state index in [1.54, 1.807) is 0 Å². The van der Waals surface area contributed by atoms with Gasteiger partial charge in [-0.3, -0.25) is 4.98 Å². The van der Waals surface area contributed by atoms with Gasteiger partial charge in [-0.1, -0.05) is 34.6 Å². The highest BCUT2D eigenvalue weighted by Crippen LogP contribution is 2.44. The van der Waals surface area contributed by atoms with E-state index in [2.05, 4.69) is 83.3 Å². The van der Waals surface area contributed by atoms with Crippen molar-refractivity contribution in [2.75, 3.05) is 0 Å². The Kier molecular flexibility index (Phi) is 4.91. The molecular formula is C30H29NOS2. The SMILES string of the molecule is Cc1c(CC(C)C)oc2cc3c(cc12)sc1ccnc(-c2cc(C(C)(C)C)c4sccc4c2)c13. The van der Waals surface area contributed by atoms with E-state index in [-0.39, 0.29) is 5.41 Å². The lowest BCUT2D eigenvalue weighted by atomic mass is 9.85. The summed E-state index contributed by atoms with van der Waals surface area (Å²) in [6, 6.07) is 13.6. The van der Waals surface area contributed by atoms with Gasteiger partial charge in [0.2, 0.25) is 0 Å². The highest BCUT2D eigenvalue weighted by Gasteiger charge is 2.22. The van der Waals surface area contributed by atoms with Crippen LogP contribution in [0.15, 0.2) is 52.4 Å². The van der Waals surface area contributed by atoms with Crippen LogP contribution in [0.5, 0.6) is 0 Å². The zero-order valence-electron chi connectivity index (χ0n) is 20.6. The van der Waals surface area contributed by atoms with Crippen molar-refractivity contribution in [2.45, 2.75) is 53.4 Å². The summed E-state index contributed by atoms with van der Waals surface area (Å²) in [5, 5.41) is 7.20. The third-order valence-corrected chi connectivity index (χ3v) is 8.85. The van der Waals surface area contributed by atoms with E-state index < -0.39 is 0 Å². The molecule has 2 nitrogen and oxygen atoms in total. The van der Waals surface area contributed by atoms with Crippen LogP contribution in [0, 0.1) is 12.8 Å². The Bertz CT molecular complexity index is 1710. The number of benzene rings is 2. The minimum Gasteiger partial charge on any atom is -0.461 e. The first kappa shape index (κ1) is 21.8. The predicted octanol–water partition coefficient (Wildman–Crippen LogP) is 9.88. The number of fused-ring (bicyclic) bond motifs is 5. The Morgan fingerprint density at radius 3 is 2.59 bits per heavy atom. The summed E-state index contributed by atoms with van der Waals surface area (Å²) in [5.74, 6) is 1.68. The van der Waals surface area contributed by atoms with Gasteiger partial charge in [0.25, 0.3) is 0 Å². The van der Waals surface area contributed by atoms with Crippen molar-refractivity contribution in [3.05, 3.63) is 64.9 Å². The summed E-state index contributed by atoms with van der Waals surface area (Å²) in [7, 11) is 0. The normalized spacial score (nSPS) is 12.8. The van der Waals surface area contributed by atoms with E-state index in [0.717, 1.165) is 23.5 Å². The monoisotopic (exact) mass is 483 g/mol. The highest BCUT2D eigenvalue weighted by molar-refractivity contribution is 7.26. The number of nitrogens with zero attached hydrogens (tertiary/aromatic N) is 1. The molecule has 0 aliphatic rings. The van der Waals surface area contributed by atoms with Crippen molar-refractivity contribution in [3.8, 4) is 11.3 Å². The Morgan fingerprint density at radius 2 is 1.82 bits per heavy atom. The first-order chi connectivity index (χ1) is 16.2. The molecule has 0 spiro atoms. The van der Waals surface area contributed by atoms with Crippen LogP contribution < -0.4 is 0 Å². The summed E-state index contributed by atoms with van der Waals surface area (Å²) in [6.07, 6.45) is 2.93. The van der Waals surface area contributed by atoms with Gasteiger partial charge in [-0.05, 0) is 76.5 Å². The molecule has 0 atom stereocenters. The van der Waals surface area contributed by atoms with E-state index >= 15 is 0 Å². The molecule has 2 aromatic carbocycles. The molecule has 6 aromatic rings. The first-order valence-electron chi connectivity index (χ1n) is 12.0. The molecule has 0 aliphatic heterocycles. The molecule has 4 heteroatoms. The third-order valence-electron chi connectivity index (χ3n) is 6.77. The highest BCUT2D eigenvalue weighted by atomic mass is 32.1. The van der Waals surface area contributed by atoms with E-state index in [4.69, 9.17) is 9.40 Å². The van der Waals surface area contributed by atoms with Gasteiger partial charge in [0.15, 0.2) is 0 Å². The molecule has 0 aliphatic carbocycles. The summed E-state index contributed by atoms with van der Waals surface area (Å²) < 4.78 is 10.3. The van der Waals surface area contributed by atoms with Gasteiger partial charge in [-0.15, -0.1) is 22.7 Å². The lowest BCUT2D eigenvalue weighted by Gasteiger charge is -2.21. The number of pyridine rings is 1. The van der Waals surface area contributed by atoms with Crippen LogP contribution in [0.1, 0.15) is 51.5 Å². The van der Waals surface area contributed by atoms with E-state index in [9.17, 15) is 0 Å². The molecule has 172 valence electrons. The zero-order chi connectivity index (χ0) is 23.8. The largest absolute Gasteiger partial charge is 0.461 e. The molecule has 0 bridgehead atoms. The fourth-order valence-corrected chi connectivity index (χ4v) is 7.27. The fourth-order valence-electron chi connectivity index (χ4n) is 5.04. The van der Waals surface area contributed by atoms with Crippen molar-refractivity contribution >= 4 is 63.9 Å². The van der Waals surface area contributed by atoms with E-state index in [0.29, 0.717) is 5.92 Å². The van der Waals surface area contributed by atoms with Crippen LogP contribution in [0.3, 0.4) is 0 Å². The van der Waals surface area contributed by atoms with Gasteiger partial charge < -0.3 is 4.42 Å². The molecule has 6 rings (SSSR count). The number of furan rings is 1. The second-order valence-corrected chi connectivity index (χ2v) is 12.8. The molecule has 0 radical (unpaired) electrons. The molecule has 0 amide bonds. The van der Waals surface area contributed by atoms with Crippen LogP contribution >= 0.6 is 22.7 Å². The maximum atomic E-state index is 6.38. The lowest BCUT2D eigenvalue weighted by Crippen LogP contribution is -2.11. The lowest BCUT2D eigenvalue weighted by molar-refractivity contribution is 0.496. The number of thiophene rings is 2. The van der Waals surface area contributed by atoms with Gasteiger partial charge in [-0.25, -0.2) is 0 Å². The molecule has 34 heavy (non-hydrogen) atoms. The summed E-state index contributed by atoms with van der Waals surface area (Å²) in [6.45, 7) is 13.6. The second kappa shape index (κ2) is 7.66. The molecule has 0 fully saturated rings. The summed E-state index contributed by atoms with van der Waals surface area (Å²) in [4.78, 5) is 4.94. The van der Waals surface area contributed by atoms with Gasteiger partial charge in [0.05, 0.1) is 5.69 Å². The number of rotatable bonds is 3. The summed E-state index contributed by atoms with van der Waals surface area (Å²) >= 11 is 3.68. The van der Waals surface area contributed by atoms with Crippen LogP contribution in [0.25, 0.3) is 52.5 Å². The topological polar surface area (TPSA) is 26.0 Å². The molecule has 4 aromatic heterocycles. The van der Waals surface area contributed by atoms with Crippen molar-refractivity contribution in [3.63, 3.8) is 0 Å². The Morgan fingerprint density at radius 1 is 1.00 bits per heavy atom. The van der Waals surface area contributed by atoms with Gasteiger partial charge >= 0.3 is 0 Å². The smallest absolute Gasteiger partial charge is 0.135 e. The fraction of sp³-hybridized carbons (Fsp3) is 0.300. The van der Waals surface area contributed by atoms with Gasteiger partial charge in [0, 0.05) is 48.4 Å². The molecule has 4 heterocycles. The van der Waals surface area contributed by atoms with E-state index in [1.165, 1.54) is 52.3 Å². The van der Waals surface area contributed by atoms with Crippen molar-refractivity contribution in [1.29, 1.82) is 0 Å². The average Bonchev–Trinajstić information content (AvgIpc) is 3.46. The Balaban J connectivity index is 1.64. The van der Waals surface area contributed by atoms with Crippen LogP contribution in [0.2, 0.25) is 0 Å². The molecule has 0 unspecified atom stereocenters.